The Morgan fingerprint density at radius 1 is 1.30 bits per heavy atom. The predicted octanol–water partition coefficient (Wildman–Crippen LogP) is 1.51. The molecule has 1 amide bonds. The predicted molar refractivity (Wildman–Crippen MR) is 82.1 cm³/mol. The highest BCUT2D eigenvalue weighted by molar-refractivity contribution is 7.89. The number of nitrogens with zero attached hydrogens (tertiary/aromatic N) is 1. The topological polar surface area (TPSA) is 75.7 Å². The third-order valence-electron chi connectivity index (χ3n) is 4.19. The Balaban J connectivity index is 2.05. The van der Waals surface area contributed by atoms with Crippen molar-refractivity contribution < 1.29 is 22.3 Å². The molecule has 126 valence electrons. The molecule has 23 heavy (non-hydrogen) atoms. The Morgan fingerprint density at radius 3 is 2.74 bits per heavy atom. The van der Waals surface area contributed by atoms with Crippen LogP contribution in [0.4, 0.5) is 10.1 Å². The summed E-state index contributed by atoms with van der Waals surface area (Å²) < 4.78 is 46.9. The number of carbonyl (C=O) groups is 1. The SMILES string of the molecule is CC1(C)COCCN1S(=O)(=O)c1cc2c(cc1F)NC(=O)CC2. The van der Waals surface area contributed by atoms with Crippen molar-refractivity contribution in [2.24, 2.45) is 0 Å². The van der Waals surface area contributed by atoms with E-state index in [1.807, 2.05) is 0 Å². The van der Waals surface area contributed by atoms with Gasteiger partial charge in [-0.1, -0.05) is 0 Å². The van der Waals surface area contributed by atoms with E-state index >= 15 is 0 Å². The van der Waals surface area contributed by atoms with Crippen LogP contribution < -0.4 is 5.32 Å². The lowest BCUT2D eigenvalue weighted by atomic mass is 10.0. The van der Waals surface area contributed by atoms with E-state index in [0.29, 0.717) is 17.7 Å². The van der Waals surface area contributed by atoms with E-state index in [4.69, 9.17) is 4.74 Å². The minimum Gasteiger partial charge on any atom is -0.378 e. The third kappa shape index (κ3) is 2.86. The van der Waals surface area contributed by atoms with Gasteiger partial charge in [0, 0.05) is 18.7 Å². The number of benzene rings is 1. The third-order valence-corrected chi connectivity index (χ3v) is 6.32. The molecule has 1 saturated heterocycles. The van der Waals surface area contributed by atoms with Crippen molar-refractivity contribution in [1.82, 2.24) is 4.31 Å². The lowest BCUT2D eigenvalue weighted by Crippen LogP contribution is -2.55. The number of fused-ring (bicyclic) bond motifs is 1. The fraction of sp³-hybridized carbons (Fsp3) is 0.533. The number of rotatable bonds is 2. The van der Waals surface area contributed by atoms with Gasteiger partial charge in [-0.15, -0.1) is 0 Å². The Kier molecular flexibility index (Phi) is 3.94. The molecule has 0 unspecified atom stereocenters. The normalized spacial score (nSPS) is 21.6. The summed E-state index contributed by atoms with van der Waals surface area (Å²) in [6, 6.07) is 2.43. The number of sulfonamides is 1. The van der Waals surface area contributed by atoms with Gasteiger partial charge in [-0.2, -0.15) is 4.31 Å². The molecule has 0 aliphatic carbocycles. The highest BCUT2D eigenvalue weighted by atomic mass is 32.2. The van der Waals surface area contributed by atoms with Gasteiger partial charge in [-0.3, -0.25) is 4.79 Å². The van der Waals surface area contributed by atoms with Crippen LogP contribution in [0.2, 0.25) is 0 Å². The lowest BCUT2D eigenvalue weighted by Gasteiger charge is -2.40. The van der Waals surface area contributed by atoms with Crippen LogP contribution in [-0.2, 0) is 26.0 Å². The number of halogens is 1. The molecule has 2 aliphatic rings. The van der Waals surface area contributed by atoms with Gasteiger partial charge < -0.3 is 10.1 Å². The van der Waals surface area contributed by atoms with Gasteiger partial charge in [0.15, 0.2) is 0 Å². The fourth-order valence-electron chi connectivity index (χ4n) is 2.99. The summed E-state index contributed by atoms with van der Waals surface area (Å²) >= 11 is 0. The number of carbonyl (C=O) groups excluding carboxylic acids is 1. The van der Waals surface area contributed by atoms with Gasteiger partial charge >= 0.3 is 0 Å². The summed E-state index contributed by atoms with van der Waals surface area (Å²) in [5.74, 6) is -1.05. The molecule has 6 nitrogen and oxygen atoms in total. The Morgan fingerprint density at radius 2 is 2.04 bits per heavy atom. The molecular weight excluding hydrogens is 323 g/mol. The van der Waals surface area contributed by atoms with Gasteiger partial charge in [0.2, 0.25) is 15.9 Å². The van der Waals surface area contributed by atoms with E-state index < -0.39 is 21.4 Å². The molecule has 1 fully saturated rings. The van der Waals surface area contributed by atoms with Gasteiger partial charge in [-0.05, 0) is 38.0 Å². The second-order valence-electron chi connectivity index (χ2n) is 6.43. The van der Waals surface area contributed by atoms with Crippen LogP contribution in [0.15, 0.2) is 17.0 Å². The number of nitrogens with one attached hydrogen (secondary N) is 1. The van der Waals surface area contributed by atoms with Crippen molar-refractivity contribution in [2.45, 2.75) is 37.1 Å². The largest absolute Gasteiger partial charge is 0.378 e. The van der Waals surface area contributed by atoms with Crippen molar-refractivity contribution in [1.29, 1.82) is 0 Å². The molecular formula is C15H19FN2O4S. The standard InChI is InChI=1S/C15H19FN2O4S/c1-15(2)9-22-6-5-18(15)23(20,21)13-7-10-3-4-14(19)17-12(10)8-11(13)16/h7-8H,3-6,9H2,1-2H3,(H,17,19). The first kappa shape index (κ1) is 16.4. The summed E-state index contributed by atoms with van der Waals surface area (Å²) in [4.78, 5) is 11.0. The van der Waals surface area contributed by atoms with Crippen LogP contribution in [0.25, 0.3) is 0 Å². The fourth-order valence-corrected chi connectivity index (χ4v) is 4.84. The molecule has 0 radical (unpaired) electrons. The van der Waals surface area contributed by atoms with E-state index in [1.54, 1.807) is 13.8 Å². The van der Waals surface area contributed by atoms with Gasteiger partial charge in [0.1, 0.15) is 10.7 Å². The van der Waals surface area contributed by atoms with Crippen LogP contribution in [0, 0.1) is 5.82 Å². The lowest BCUT2D eigenvalue weighted by molar-refractivity contribution is -0.116. The molecule has 0 saturated carbocycles. The zero-order valence-corrected chi connectivity index (χ0v) is 13.9. The van der Waals surface area contributed by atoms with Gasteiger partial charge in [0.05, 0.1) is 18.8 Å². The summed E-state index contributed by atoms with van der Waals surface area (Å²) in [6.07, 6.45) is 0.664. The quantitative estimate of drug-likeness (QED) is 0.884. The van der Waals surface area contributed by atoms with Gasteiger partial charge in [-0.25, -0.2) is 12.8 Å². The Hall–Kier alpha value is -1.51. The number of hydrogen-bond acceptors (Lipinski definition) is 4. The van der Waals surface area contributed by atoms with Crippen molar-refractivity contribution in [3.05, 3.63) is 23.5 Å². The summed E-state index contributed by atoms with van der Waals surface area (Å²) in [5, 5.41) is 2.57. The van der Waals surface area contributed by atoms with E-state index in [9.17, 15) is 17.6 Å². The van der Waals surface area contributed by atoms with E-state index in [-0.39, 0.29) is 37.0 Å². The average molecular weight is 342 g/mol. The van der Waals surface area contributed by atoms with Crippen molar-refractivity contribution >= 4 is 21.6 Å². The van der Waals surface area contributed by atoms with E-state index in [1.165, 1.54) is 10.4 Å². The molecule has 1 N–H and O–H groups in total. The number of ether oxygens (including phenoxy) is 1. The van der Waals surface area contributed by atoms with Crippen LogP contribution in [0.3, 0.4) is 0 Å². The maximum atomic E-state index is 14.4. The van der Waals surface area contributed by atoms with E-state index in [0.717, 1.165) is 6.07 Å². The van der Waals surface area contributed by atoms with Crippen molar-refractivity contribution in [3.63, 3.8) is 0 Å². The maximum Gasteiger partial charge on any atom is 0.246 e. The second kappa shape index (κ2) is 5.54. The zero-order chi connectivity index (χ0) is 16.8. The average Bonchev–Trinajstić information content (AvgIpc) is 2.45. The first-order valence-corrected chi connectivity index (χ1v) is 8.89. The second-order valence-corrected chi connectivity index (χ2v) is 8.26. The molecule has 0 spiro atoms. The molecule has 0 atom stereocenters. The van der Waals surface area contributed by atoms with Gasteiger partial charge in [0.25, 0.3) is 0 Å². The molecule has 1 aromatic rings. The number of morpholine rings is 1. The van der Waals surface area contributed by atoms with Crippen LogP contribution in [0.1, 0.15) is 25.8 Å². The molecule has 3 rings (SSSR count). The monoisotopic (exact) mass is 342 g/mol. The molecule has 2 aliphatic heterocycles. The number of hydrogen-bond donors (Lipinski definition) is 1. The number of aryl methyl sites for hydroxylation is 1. The first-order chi connectivity index (χ1) is 10.7. The van der Waals surface area contributed by atoms with E-state index in [2.05, 4.69) is 5.32 Å². The molecule has 0 aromatic heterocycles. The Bertz CT molecular complexity index is 761. The van der Waals surface area contributed by atoms with Crippen molar-refractivity contribution in [3.8, 4) is 0 Å². The highest BCUT2D eigenvalue weighted by Gasteiger charge is 2.41. The summed E-state index contributed by atoms with van der Waals surface area (Å²) in [7, 11) is -3.98. The minimum absolute atomic E-state index is 0.183. The van der Waals surface area contributed by atoms with Crippen LogP contribution in [0.5, 0.6) is 0 Å². The highest BCUT2D eigenvalue weighted by Crippen LogP contribution is 2.33. The molecule has 2 heterocycles. The molecule has 1 aromatic carbocycles. The first-order valence-electron chi connectivity index (χ1n) is 7.45. The molecule has 0 bridgehead atoms. The number of amides is 1. The smallest absolute Gasteiger partial charge is 0.246 e. The molecule has 8 heteroatoms. The Labute approximate surface area is 134 Å². The van der Waals surface area contributed by atoms with Crippen molar-refractivity contribution in [2.75, 3.05) is 25.1 Å². The zero-order valence-electron chi connectivity index (χ0n) is 13.1. The summed E-state index contributed by atoms with van der Waals surface area (Å²) in [6.45, 7) is 4.23. The van der Waals surface area contributed by atoms with Crippen LogP contribution >= 0.6 is 0 Å². The maximum absolute atomic E-state index is 14.4. The van der Waals surface area contributed by atoms with Crippen LogP contribution in [-0.4, -0.2) is 43.9 Å². The minimum atomic E-state index is -3.98. The number of anilines is 1. The summed E-state index contributed by atoms with van der Waals surface area (Å²) in [5.41, 5.74) is 0.239.